The molecule has 1 amide bonds. The molecular weight excluding hydrogens is 388 g/mol. The minimum absolute atomic E-state index is 0.00550. The van der Waals surface area contributed by atoms with Crippen molar-refractivity contribution in [3.05, 3.63) is 64.2 Å². The lowest BCUT2D eigenvalue weighted by Crippen LogP contribution is -2.45. The van der Waals surface area contributed by atoms with Crippen LogP contribution in [-0.4, -0.2) is 55.2 Å². The summed E-state index contributed by atoms with van der Waals surface area (Å²) < 4.78 is 16.4. The molecule has 1 aliphatic heterocycles. The molecule has 0 saturated carbocycles. The molecule has 1 fully saturated rings. The Bertz CT molecular complexity index is 873. The molecule has 0 radical (unpaired) electrons. The fourth-order valence-electron chi connectivity index (χ4n) is 3.90. The van der Waals surface area contributed by atoms with Gasteiger partial charge in [0.15, 0.2) is 0 Å². The third kappa shape index (κ3) is 4.95. The highest BCUT2D eigenvalue weighted by Gasteiger charge is 2.36. The zero-order valence-corrected chi connectivity index (χ0v) is 17.2. The van der Waals surface area contributed by atoms with E-state index in [0.29, 0.717) is 24.5 Å². The molecular formula is C22H26N2O6. The third-order valence-electron chi connectivity index (χ3n) is 5.22. The quantitative estimate of drug-likeness (QED) is 0.460. The van der Waals surface area contributed by atoms with Crippen LogP contribution in [-0.2, 0) is 20.7 Å². The Kier molecular flexibility index (Phi) is 7.37. The molecule has 0 unspecified atom stereocenters. The second kappa shape index (κ2) is 10.2. The van der Waals surface area contributed by atoms with E-state index in [1.165, 1.54) is 6.07 Å². The zero-order chi connectivity index (χ0) is 21.5. The number of para-hydroxylation sites is 3. The SMILES string of the molecule is COC[C@@H]1CC[C@@H](COC)N1C(=O)Cc1ccccc1Oc1ccccc1[N+](=O)[O-]. The average molecular weight is 414 g/mol. The number of carbonyl (C=O) groups excluding carboxylic acids is 1. The summed E-state index contributed by atoms with van der Waals surface area (Å²) in [4.78, 5) is 25.9. The Morgan fingerprint density at radius 3 is 2.17 bits per heavy atom. The molecule has 1 heterocycles. The number of rotatable bonds is 9. The van der Waals surface area contributed by atoms with Gasteiger partial charge in [-0.25, -0.2) is 0 Å². The van der Waals surface area contributed by atoms with Crippen molar-refractivity contribution >= 4 is 11.6 Å². The van der Waals surface area contributed by atoms with Gasteiger partial charge in [-0.2, -0.15) is 0 Å². The third-order valence-corrected chi connectivity index (χ3v) is 5.22. The molecule has 1 saturated heterocycles. The molecule has 160 valence electrons. The minimum atomic E-state index is -0.488. The standard InChI is InChI=1S/C22H26N2O6/c1-28-14-17-11-12-18(15-29-2)23(17)22(25)13-16-7-3-5-9-20(16)30-21-10-6-4-8-19(21)24(26)27/h3-10,17-18H,11-15H2,1-2H3/t17-,18-/m0/s1. The van der Waals surface area contributed by atoms with Gasteiger partial charge in [-0.05, 0) is 25.0 Å². The molecule has 0 aromatic heterocycles. The summed E-state index contributed by atoms with van der Waals surface area (Å²) in [6.07, 6.45) is 1.85. The maximum absolute atomic E-state index is 13.2. The molecule has 30 heavy (non-hydrogen) atoms. The van der Waals surface area contributed by atoms with Crippen LogP contribution in [0.1, 0.15) is 18.4 Å². The van der Waals surface area contributed by atoms with E-state index in [-0.39, 0.29) is 35.8 Å². The molecule has 3 rings (SSSR count). The van der Waals surface area contributed by atoms with E-state index < -0.39 is 4.92 Å². The number of nitrogens with zero attached hydrogens (tertiary/aromatic N) is 2. The van der Waals surface area contributed by atoms with Gasteiger partial charge in [0, 0.05) is 25.8 Å². The van der Waals surface area contributed by atoms with Gasteiger partial charge in [0.1, 0.15) is 5.75 Å². The summed E-state index contributed by atoms with van der Waals surface area (Å²) in [5, 5.41) is 11.3. The van der Waals surface area contributed by atoms with E-state index in [2.05, 4.69) is 0 Å². The number of hydrogen-bond acceptors (Lipinski definition) is 6. The summed E-state index contributed by atoms with van der Waals surface area (Å²) >= 11 is 0. The normalized spacial score (nSPS) is 18.4. The van der Waals surface area contributed by atoms with Gasteiger partial charge in [-0.3, -0.25) is 14.9 Å². The van der Waals surface area contributed by atoms with Crippen LogP contribution in [0.5, 0.6) is 11.5 Å². The minimum Gasteiger partial charge on any atom is -0.450 e. The molecule has 2 atom stereocenters. The van der Waals surface area contributed by atoms with Gasteiger partial charge in [0.2, 0.25) is 11.7 Å². The Morgan fingerprint density at radius 2 is 1.57 bits per heavy atom. The first kappa shape index (κ1) is 21.7. The fraction of sp³-hybridized carbons (Fsp3) is 0.409. The molecule has 1 aliphatic rings. The fourth-order valence-corrected chi connectivity index (χ4v) is 3.90. The maximum atomic E-state index is 13.2. The van der Waals surface area contributed by atoms with Crippen molar-refractivity contribution in [3.8, 4) is 11.5 Å². The summed E-state index contributed by atoms with van der Waals surface area (Å²) in [6.45, 7) is 0.945. The molecule has 0 bridgehead atoms. The van der Waals surface area contributed by atoms with Crippen LogP contribution in [0.2, 0.25) is 0 Å². The van der Waals surface area contributed by atoms with Crippen LogP contribution in [0, 0.1) is 10.1 Å². The summed E-state index contributed by atoms with van der Waals surface area (Å²) in [7, 11) is 3.25. The van der Waals surface area contributed by atoms with Gasteiger partial charge in [-0.15, -0.1) is 0 Å². The van der Waals surface area contributed by atoms with Gasteiger partial charge in [0.05, 0.1) is 36.6 Å². The Balaban J connectivity index is 1.82. The first-order valence-corrected chi connectivity index (χ1v) is 9.83. The van der Waals surface area contributed by atoms with Gasteiger partial charge in [0.25, 0.3) is 0 Å². The van der Waals surface area contributed by atoms with Gasteiger partial charge in [-0.1, -0.05) is 30.3 Å². The second-order valence-corrected chi connectivity index (χ2v) is 7.21. The lowest BCUT2D eigenvalue weighted by molar-refractivity contribution is -0.385. The molecule has 0 aliphatic carbocycles. The molecule has 2 aromatic carbocycles. The van der Waals surface area contributed by atoms with E-state index in [0.717, 1.165) is 12.8 Å². The maximum Gasteiger partial charge on any atom is 0.311 e. The first-order valence-electron chi connectivity index (χ1n) is 9.83. The van der Waals surface area contributed by atoms with Crippen LogP contribution in [0.25, 0.3) is 0 Å². The molecule has 0 N–H and O–H groups in total. The number of carbonyl (C=O) groups is 1. The number of likely N-dealkylation sites (tertiary alicyclic amines) is 1. The van der Waals surface area contributed by atoms with Gasteiger partial charge >= 0.3 is 5.69 Å². The van der Waals surface area contributed by atoms with Crippen molar-refractivity contribution in [2.75, 3.05) is 27.4 Å². The first-order chi connectivity index (χ1) is 14.5. The smallest absolute Gasteiger partial charge is 0.311 e. The number of methoxy groups -OCH3 is 2. The number of nitro groups is 1. The summed E-state index contributed by atoms with van der Waals surface area (Å²) in [5.74, 6) is 0.513. The predicted molar refractivity (Wildman–Crippen MR) is 111 cm³/mol. The number of amides is 1. The highest BCUT2D eigenvalue weighted by molar-refractivity contribution is 5.80. The van der Waals surface area contributed by atoms with Crippen LogP contribution in [0.15, 0.2) is 48.5 Å². The lowest BCUT2D eigenvalue weighted by atomic mass is 10.1. The number of hydrogen-bond donors (Lipinski definition) is 0. The Morgan fingerprint density at radius 1 is 1.00 bits per heavy atom. The second-order valence-electron chi connectivity index (χ2n) is 7.21. The molecule has 2 aromatic rings. The van der Waals surface area contributed by atoms with E-state index >= 15 is 0 Å². The Labute approximate surface area is 175 Å². The highest BCUT2D eigenvalue weighted by atomic mass is 16.6. The Hall–Kier alpha value is -2.97. The van der Waals surface area contributed by atoms with Crippen LogP contribution >= 0.6 is 0 Å². The number of nitro benzene ring substituents is 1. The van der Waals surface area contributed by atoms with Crippen LogP contribution in [0.3, 0.4) is 0 Å². The van der Waals surface area contributed by atoms with Crippen molar-refractivity contribution < 1.29 is 23.9 Å². The van der Waals surface area contributed by atoms with Crippen molar-refractivity contribution in [2.45, 2.75) is 31.3 Å². The zero-order valence-electron chi connectivity index (χ0n) is 17.2. The predicted octanol–water partition coefficient (Wildman–Crippen LogP) is 3.58. The van der Waals surface area contributed by atoms with E-state index in [9.17, 15) is 14.9 Å². The number of benzene rings is 2. The monoisotopic (exact) mass is 414 g/mol. The molecule has 8 nitrogen and oxygen atoms in total. The van der Waals surface area contributed by atoms with Gasteiger partial charge < -0.3 is 19.1 Å². The number of ether oxygens (including phenoxy) is 3. The van der Waals surface area contributed by atoms with Crippen LogP contribution in [0.4, 0.5) is 5.69 Å². The molecule has 0 spiro atoms. The van der Waals surface area contributed by atoms with E-state index in [1.807, 2.05) is 11.0 Å². The van der Waals surface area contributed by atoms with Crippen LogP contribution < -0.4 is 4.74 Å². The topological polar surface area (TPSA) is 91.1 Å². The van der Waals surface area contributed by atoms with Crippen molar-refractivity contribution in [1.29, 1.82) is 0 Å². The van der Waals surface area contributed by atoms with Crippen molar-refractivity contribution in [2.24, 2.45) is 0 Å². The molecule has 8 heteroatoms. The van der Waals surface area contributed by atoms with E-state index in [4.69, 9.17) is 14.2 Å². The highest BCUT2D eigenvalue weighted by Crippen LogP contribution is 2.33. The lowest BCUT2D eigenvalue weighted by Gasteiger charge is -2.30. The summed E-state index contributed by atoms with van der Waals surface area (Å²) in [5.41, 5.74) is 0.540. The van der Waals surface area contributed by atoms with Crippen molar-refractivity contribution in [1.82, 2.24) is 4.90 Å². The van der Waals surface area contributed by atoms with Crippen molar-refractivity contribution in [3.63, 3.8) is 0 Å². The van der Waals surface area contributed by atoms with E-state index in [1.54, 1.807) is 50.6 Å². The average Bonchev–Trinajstić information content (AvgIpc) is 3.12. The largest absolute Gasteiger partial charge is 0.450 e. The summed E-state index contributed by atoms with van der Waals surface area (Å²) in [6, 6.07) is 13.3.